The molecule has 8 nitrogen and oxygen atoms in total. The second kappa shape index (κ2) is 9.96. The van der Waals surface area contributed by atoms with Crippen LogP contribution >= 0.6 is 11.6 Å². The highest BCUT2D eigenvalue weighted by atomic mass is 35.5. The van der Waals surface area contributed by atoms with Crippen LogP contribution in [0.4, 0.5) is 16.2 Å². The number of aryl methyl sites for hydroxylation is 2. The van der Waals surface area contributed by atoms with Crippen molar-refractivity contribution in [1.29, 1.82) is 0 Å². The molecule has 3 aromatic carbocycles. The third-order valence-corrected chi connectivity index (χ3v) is 9.84. The quantitative estimate of drug-likeness (QED) is 0.517. The molecule has 2 saturated heterocycles. The second-order valence-corrected chi connectivity index (χ2v) is 12.2. The van der Waals surface area contributed by atoms with Crippen molar-refractivity contribution in [3.63, 3.8) is 0 Å². The summed E-state index contributed by atoms with van der Waals surface area (Å²) in [5, 5.41) is 2.79. The van der Waals surface area contributed by atoms with E-state index in [4.69, 9.17) is 11.6 Å². The van der Waals surface area contributed by atoms with Gasteiger partial charge in [0.2, 0.25) is 9.84 Å². The van der Waals surface area contributed by atoms with Crippen molar-refractivity contribution < 1.29 is 18.0 Å². The molecule has 3 amide bonds. The third-order valence-electron chi connectivity index (χ3n) is 7.24. The van der Waals surface area contributed by atoms with Crippen LogP contribution in [0.25, 0.3) is 0 Å². The lowest BCUT2D eigenvalue weighted by Gasteiger charge is -2.42. The summed E-state index contributed by atoms with van der Waals surface area (Å²) in [4.78, 5) is 30.1. The SMILES string of the molecule is Cc1ccc(C)c(N2CCN(C(=O)[C@@]3(S(=O)(=O)c4ccccc4)CNC(=O)N3c3ccccc3Cl)CC2)c1. The topological polar surface area (TPSA) is 90.0 Å². The first-order valence-corrected chi connectivity index (χ1v) is 14.3. The van der Waals surface area contributed by atoms with Crippen LogP contribution in [0.15, 0.2) is 77.7 Å². The van der Waals surface area contributed by atoms with Gasteiger partial charge in [-0.05, 0) is 55.3 Å². The maximum Gasteiger partial charge on any atom is 0.323 e. The van der Waals surface area contributed by atoms with E-state index in [1.165, 1.54) is 12.1 Å². The molecule has 38 heavy (non-hydrogen) atoms. The lowest BCUT2D eigenvalue weighted by Crippen LogP contribution is -2.66. The zero-order valence-corrected chi connectivity index (χ0v) is 22.8. The van der Waals surface area contributed by atoms with Gasteiger partial charge in [-0.3, -0.25) is 9.69 Å². The normalized spacial score (nSPS) is 20.0. The molecule has 0 bridgehead atoms. The van der Waals surface area contributed by atoms with Gasteiger partial charge < -0.3 is 15.1 Å². The molecule has 2 aliphatic heterocycles. The lowest BCUT2D eigenvalue weighted by molar-refractivity contribution is -0.133. The first kappa shape index (κ1) is 26.1. The van der Waals surface area contributed by atoms with Crippen LogP contribution in [0.5, 0.6) is 0 Å². The number of amides is 3. The Morgan fingerprint density at radius 2 is 1.55 bits per heavy atom. The molecule has 0 unspecified atom stereocenters. The molecule has 0 aliphatic carbocycles. The molecule has 2 fully saturated rings. The van der Waals surface area contributed by atoms with Crippen LogP contribution in [0.1, 0.15) is 11.1 Å². The smallest absolute Gasteiger partial charge is 0.323 e. The van der Waals surface area contributed by atoms with E-state index in [-0.39, 0.29) is 15.6 Å². The van der Waals surface area contributed by atoms with E-state index in [1.807, 2.05) is 13.8 Å². The van der Waals surface area contributed by atoms with E-state index in [1.54, 1.807) is 47.4 Å². The first-order valence-electron chi connectivity index (χ1n) is 12.4. The van der Waals surface area contributed by atoms with E-state index in [0.29, 0.717) is 26.2 Å². The number of benzene rings is 3. The Morgan fingerprint density at radius 3 is 2.24 bits per heavy atom. The zero-order valence-electron chi connectivity index (χ0n) is 21.2. The molecule has 5 rings (SSSR count). The maximum absolute atomic E-state index is 14.4. The van der Waals surface area contributed by atoms with Crippen LogP contribution < -0.4 is 15.1 Å². The summed E-state index contributed by atoms with van der Waals surface area (Å²) in [5.74, 6) is -0.653. The van der Waals surface area contributed by atoms with Gasteiger partial charge in [-0.25, -0.2) is 13.2 Å². The minimum atomic E-state index is -4.39. The largest absolute Gasteiger partial charge is 0.368 e. The monoisotopic (exact) mass is 552 g/mol. The van der Waals surface area contributed by atoms with Gasteiger partial charge in [-0.1, -0.05) is 54.1 Å². The average molecular weight is 553 g/mol. The fourth-order valence-electron chi connectivity index (χ4n) is 5.21. The van der Waals surface area contributed by atoms with Crippen LogP contribution in [-0.4, -0.2) is 62.9 Å². The van der Waals surface area contributed by atoms with Crippen molar-refractivity contribution in [2.75, 3.05) is 42.5 Å². The molecule has 198 valence electrons. The minimum Gasteiger partial charge on any atom is -0.368 e. The minimum absolute atomic E-state index is 0.0454. The molecule has 1 atom stereocenters. The van der Waals surface area contributed by atoms with Gasteiger partial charge in [0.25, 0.3) is 10.8 Å². The molecular weight excluding hydrogens is 524 g/mol. The third kappa shape index (κ3) is 4.19. The Balaban J connectivity index is 1.56. The number of sulfone groups is 1. The van der Waals surface area contributed by atoms with Gasteiger partial charge in [0, 0.05) is 31.9 Å². The molecular formula is C28H29ClN4O4S. The highest BCUT2D eigenvalue weighted by Gasteiger charge is 2.63. The van der Waals surface area contributed by atoms with Crippen molar-refractivity contribution in [1.82, 2.24) is 10.2 Å². The number of nitrogens with zero attached hydrogens (tertiary/aromatic N) is 3. The predicted molar refractivity (Wildman–Crippen MR) is 148 cm³/mol. The van der Waals surface area contributed by atoms with E-state index >= 15 is 0 Å². The number of urea groups is 1. The van der Waals surface area contributed by atoms with Crippen molar-refractivity contribution in [2.24, 2.45) is 0 Å². The van der Waals surface area contributed by atoms with Gasteiger partial charge in [-0.15, -0.1) is 0 Å². The van der Waals surface area contributed by atoms with Crippen molar-refractivity contribution in [3.8, 4) is 0 Å². The molecule has 0 spiro atoms. The number of carbonyl (C=O) groups excluding carboxylic acids is 2. The highest BCUT2D eigenvalue weighted by Crippen LogP contribution is 2.41. The van der Waals surface area contributed by atoms with Gasteiger partial charge in [-0.2, -0.15) is 0 Å². The summed E-state index contributed by atoms with van der Waals surface area (Å²) in [6, 6.07) is 19.8. The Bertz CT molecular complexity index is 1490. The molecule has 3 aromatic rings. The number of hydrogen-bond acceptors (Lipinski definition) is 5. The van der Waals surface area contributed by atoms with Gasteiger partial charge in [0.05, 0.1) is 22.2 Å². The molecule has 2 aliphatic rings. The number of carbonyl (C=O) groups is 2. The molecule has 0 saturated carbocycles. The predicted octanol–water partition coefficient (Wildman–Crippen LogP) is 4.01. The molecule has 1 N–H and O–H groups in total. The van der Waals surface area contributed by atoms with Crippen molar-refractivity contribution >= 4 is 44.8 Å². The van der Waals surface area contributed by atoms with E-state index in [2.05, 4.69) is 28.4 Å². The van der Waals surface area contributed by atoms with Crippen LogP contribution in [-0.2, 0) is 14.6 Å². The Hall–Kier alpha value is -3.56. The van der Waals surface area contributed by atoms with Crippen LogP contribution in [0, 0.1) is 13.8 Å². The van der Waals surface area contributed by atoms with Crippen molar-refractivity contribution in [3.05, 3.63) is 88.9 Å². The molecule has 2 heterocycles. The summed E-state index contributed by atoms with van der Waals surface area (Å²) in [6.45, 7) is 5.37. The number of hydrogen-bond donors (Lipinski definition) is 1. The summed E-state index contributed by atoms with van der Waals surface area (Å²) < 4.78 is 28.6. The fraction of sp³-hybridized carbons (Fsp3) is 0.286. The van der Waals surface area contributed by atoms with E-state index in [0.717, 1.165) is 21.7 Å². The summed E-state index contributed by atoms with van der Waals surface area (Å²) >= 11 is 6.45. The van der Waals surface area contributed by atoms with Gasteiger partial charge in [0.15, 0.2) is 0 Å². The fourth-order valence-corrected chi connectivity index (χ4v) is 7.38. The Morgan fingerprint density at radius 1 is 0.895 bits per heavy atom. The van der Waals surface area contributed by atoms with E-state index < -0.39 is 33.2 Å². The standard InChI is InChI=1S/C28H29ClN4O4S/c1-20-12-13-21(2)25(18-20)31-14-16-32(17-15-31)26(34)28(38(36,37)22-8-4-3-5-9-22)19-30-27(35)33(28)24-11-7-6-10-23(24)29/h3-13,18H,14-17,19H2,1-2H3,(H,30,35)/t28-/m0/s1. The Kier molecular flexibility index (Phi) is 6.83. The maximum atomic E-state index is 14.4. The Labute approximate surface area is 227 Å². The first-order chi connectivity index (χ1) is 18.2. The number of rotatable bonds is 5. The molecule has 0 aromatic heterocycles. The lowest BCUT2D eigenvalue weighted by atomic mass is 10.1. The second-order valence-electron chi connectivity index (χ2n) is 9.62. The summed E-state index contributed by atoms with van der Waals surface area (Å²) in [5.41, 5.74) is 3.53. The summed E-state index contributed by atoms with van der Waals surface area (Å²) in [7, 11) is -4.39. The molecule has 10 heteroatoms. The summed E-state index contributed by atoms with van der Waals surface area (Å²) in [6.07, 6.45) is 0. The van der Waals surface area contributed by atoms with Crippen molar-refractivity contribution in [2.45, 2.75) is 23.6 Å². The average Bonchev–Trinajstić information content (AvgIpc) is 3.28. The van der Waals surface area contributed by atoms with Gasteiger partial charge >= 0.3 is 6.03 Å². The number of nitrogens with one attached hydrogen (secondary N) is 1. The van der Waals surface area contributed by atoms with Crippen LogP contribution in [0.3, 0.4) is 0 Å². The van der Waals surface area contributed by atoms with E-state index in [9.17, 15) is 18.0 Å². The van der Waals surface area contributed by atoms with Gasteiger partial charge in [0.1, 0.15) is 0 Å². The van der Waals surface area contributed by atoms with Crippen LogP contribution in [0.2, 0.25) is 5.02 Å². The zero-order chi connectivity index (χ0) is 27.1. The number of piperazine rings is 1. The number of para-hydroxylation sites is 1. The molecule has 0 radical (unpaired) electrons. The number of halogens is 1. The number of anilines is 2. The highest BCUT2D eigenvalue weighted by molar-refractivity contribution is 7.93.